The van der Waals surface area contributed by atoms with E-state index in [0.717, 1.165) is 25.7 Å². The predicted molar refractivity (Wildman–Crippen MR) is 73.1 cm³/mol. The Morgan fingerprint density at radius 2 is 2.00 bits per heavy atom. The highest BCUT2D eigenvalue weighted by Crippen LogP contribution is 2.24. The van der Waals surface area contributed by atoms with Gasteiger partial charge in [-0.3, -0.25) is 4.79 Å². The number of carbonyl (C=O) groups is 1. The van der Waals surface area contributed by atoms with E-state index in [1.165, 1.54) is 6.42 Å². The van der Waals surface area contributed by atoms with Gasteiger partial charge in [0, 0.05) is 25.2 Å². The Kier molecular flexibility index (Phi) is 6.65. The fraction of sp³-hybridized carbons (Fsp3) is 0.929. The summed E-state index contributed by atoms with van der Waals surface area (Å²) in [5.74, 6) is 0.168. The third-order valence-corrected chi connectivity index (χ3v) is 3.85. The molecular weight excluding hydrogens is 228 g/mol. The molecule has 4 heteroatoms. The second-order valence-corrected chi connectivity index (χ2v) is 5.61. The van der Waals surface area contributed by atoms with Crippen molar-refractivity contribution >= 4 is 5.91 Å². The van der Waals surface area contributed by atoms with E-state index >= 15 is 0 Å². The van der Waals surface area contributed by atoms with E-state index in [1.807, 2.05) is 18.7 Å². The SMILES string of the molecule is CC(C)N(CCCO)C(=O)C1CCCCCC1N. The number of nitrogens with two attached hydrogens (primary N) is 1. The van der Waals surface area contributed by atoms with Gasteiger partial charge in [-0.15, -0.1) is 0 Å². The molecule has 0 spiro atoms. The van der Waals surface area contributed by atoms with Crippen LogP contribution in [0.3, 0.4) is 0 Å². The van der Waals surface area contributed by atoms with Gasteiger partial charge in [-0.2, -0.15) is 0 Å². The lowest BCUT2D eigenvalue weighted by atomic mass is 9.93. The standard InChI is InChI=1S/C14H28N2O2/c1-11(2)16(9-6-10-17)14(18)12-7-4-3-5-8-13(12)15/h11-13,17H,3-10,15H2,1-2H3. The van der Waals surface area contributed by atoms with Crippen molar-refractivity contribution < 1.29 is 9.90 Å². The van der Waals surface area contributed by atoms with Gasteiger partial charge < -0.3 is 15.7 Å². The molecule has 2 atom stereocenters. The largest absolute Gasteiger partial charge is 0.396 e. The molecular formula is C14H28N2O2. The van der Waals surface area contributed by atoms with Crippen LogP contribution in [-0.2, 0) is 4.79 Å². The molecule has 0 aromatic rings. The monoisotopic (exact) mass is 256 g/mol. The van der Waals surface area contributed by atoms with Crippen LogP contribution in [-0.4, -0.2) is 41.1 Å². The Balaban J connectivity index is 2.67. The summed E-state index contributed by atoms with van der Waals surface area (Å²) in [7, 11) is 0. The minimum Gasteiger partial charge on any atom is -0.396 e. The topological polar surface area (TPSA) is 66.6 Å². The Hall–Kier alpha value is -0.610. The molecule has 1 rings (SSSR count). The first-order valence-electron chi connectivity index (χ1n) is 7.24. The maximum absolute atomic E-state index is 12.6. The number of rotatable bonds is 5. The minimum absolute atomic E-state index is 0.00961. The van der Waals surface area contributed by atoms with E-state index in [1.54, 1.807) is 0 Å². The molecule has 1 saturated carbocycles. The lowest BCUT2D eigenvalue weighted by molar-refractivity contribution is -0.138. The first kappa shape index (κ1) is 15.4. The molecule has 1 aliphatic rings. The number of carbonyl (C=O) groups excluding carboxylic acids is 1. The third kappa shape index (κ3) is 4.25. The Morgan fingerprint density at radius 1 is 1.33 bits per heavy atom. The summed E-state index contributed by atoms with van der Waals surface area (Å²) in [5.41, 5.74) is 6.15. The second kappa shape index (κ2) is 7.74. The lowest BCUT2D eigenvalue weighted by Crippen LogP contribution is -2.47. The first-order valence-corrected chi connectivity index (χ1v) is 7.24. The van der Waals surface area contributed by atoms with Crippen LogP contribution in [0.4, 0.5) is 0 Å². The number of aliphatic hydroxyl groups is 1. The molecule has 0 saturated heterocycles. The van der Waals surface area contributed by atoms with Crippen LogP contribution in [0.15, 0.2) is 0 Å². The molecule has 0 aromatic carbocycles. The molecule has 1 amide bonds. The van der Waals surface area contributed by atoms with Gasteiger partial charge >= 0.3 is 0 Å². The minimum atomic E-state index is -0.0198. The zero-order chi connectivity index (χ0) is 13.5. The van der Waals surface area contributed by atoms with Crippen molar-refractivity contribution in [3.8, 4) is 0 Å². The van der Waals surface area contributed by atoms with Crippen LogP contribution in [0, 0.1) is 5.92 Å². The van der Waals surface area contributed by atoms with Crippen LogP contribution in [0.25, 0.3) is 0 Å². The molecule has 106 valence electrons. The van der Waals surface area contributed by atoms with E-state index in [2.05, 4.69) is 0 Å². The molecule has 0 bridgehead atoms. The fourth-order valence-corrected chi connectivity index (χ4v) is 2.72. The fourth-order valence-electron chi connectivity index (χ4n) is 2.72. The van der Waals surface area contributed by atoms with Gasteiger partial charge in [0.2, 0.25) is 5.91 Å². The summed E-state index contributed by atoms with van der Waals surface area (Å²) in [6.45, 7) is 4.82. The lowest BCUT2D eigenvalue weighted by Gasteiger charge is -2.32. The van der Waals surface area contributed by atoms with Gasteiger partial charge in [-0.25, -0.2) is 0 Å². The molecule has 0 radical (unpaired) electrons. The molecule has 2 unspecified atom stereocenters. The quantitative estimate of drug-likeness (QED) is 0.733. The van der Waals surface area contributed by atoms with Gasteiger partial charge in [-0.05, 0) is 33.1 Å². The first-order chi connectivity index (χ1) is 8.57. The molecule has 1 fully saturated rings. The van der Waals surface area contributed by atoms with Crippen LogP contribution in [0.1, 0.15) is 52.4 Å². The summed E-state index contributed by atoms with van der Waals surface area (Å²) < 4.78 is 0. The highest BCUT2D eigenvalue weighted by molar-refractivity contribution is 5.79. The van der Waals surface area contributed by atoms with Crippen LogP contribution in [0.2, 0.25) is 0 Å². The van der Waals surface area contributed by atoms with Crippen molar-refractivity contribution in [2.24, 2.45) is 11.7 Å². The van der Waals surface area contributed by atoms with E-state index in [4.69, 9.17) is 10.8 Å². The highest BCUT2D eigenvalue weighted by Gasteiger charge is 2.31. The van der Waals surface area contributed by atoms with Crippen LogP contribution in [0.5, 0.6) is 0 Å². The zero-order valence-electron chi connectivity index (χ0n) is 11.8. The average Bonchev–Trinajstić information content (AvgIpc) is 2.53. The summed E-state index contributed by atoms with van der Waals surface area (Å²) in [6, 6.07) is 0.190. The van der Waals surface area contributed by atoms with Gasteiger partial charge in [0.05, 0.1) is 5.92 Å². The molecule has 18 heavy (non-hydrogen) atoms. The van der Waals surface area contributed by atoms with E-state index in [9.17, 15) is 4.79 Å². The van der Waals surface area contributed by atoms with E-state index < -0.39 is 0 Å². The maximum atomic E-state index is 12.6. The van der Waals surface area contributed by atoms with Crippen molar-refractivity contribution in [2.45, 2.75) is 64.5 Å². The summed E-state index contributed by atoms with van der Waals surface area (Å²) in [5, 5.41) is 8.92. The Bertz CT molecular complexity index is 256. The summed E-state index contributed by atoms with van der Waals surface area (Å²) >= 11 is 0. The number of hydrogen-bond acceptors (Lipinski definition) is 3. The number of hydrogen-bond donors (Lipinski definition) is 2. The third-order valence-electron chi connectivity index (χ3n) is 3.85. The smallest absolute Gasteiger partial charge is 0.227 e. The zero-order valence-corrected chi connectivity index (χ0v) is 11.8. The molecule has 0 heterocycles. The van der Waals surface area contributed by atoms with Crippen molar-refractivity contribution in [2.75, 3.05) is 13.2 Å². The molecule has 0 aliphatic heterocycles. The van der Waals surface area contributed by atoms with Gasteiger partial charge in [0.25, 0.3) is 0 Å². The normalized spacial score (nSPS) is 24.9. The van der Waals surface area contributed by atoms with Crippen molar-refractivity contribution in [1.29, 1.82) is 0 Å². The number of aliphatic hydroxyl groups excluding tert-OH is 1. The Morgan fingerprint density at radius 3 is 2.61 bits per heavy atom. The highest BCUT2D eigenvalue weighted by atomic mass is 16.3. The summed E-state index contributed by atoms with van der Waals surface area (Å²) in [4.78, 5) is 14.5. The van der Waals surface area contributed by atoms with Gasteiger partial charge in [-0.1, -0.05) is 19.3 Å². The number of amides is 1. The maximum Gasteiger partial charge on any atom is 0.227 e. The second-order valence-electron chi connectivity index (χ2n) is 5.61. The van der Waals surface area contributed by atoms with Crippen LogP contribution < -0.4 is 5.73 Å². The molecule has 3 N–H and O–H groups in total. The summed E-state index contributed by atoms with van der Waals surface area (Å²) in [6.07, 6.45) is 5.96. The predicted octanol–water partition coefficient (Wildman–Crippen LogP) is 1.51. The number of nitrogens with zero attached hydrogens (tertiary/aromatic N) is 1. The molecule has 4 nitrogen and oxygen atoms in total. The van der Waals surface area contributed by atoms with Crippen molar-refractivity contribution in [3.05, 3.63) is 0 Å². The van der Waals surface area contributed by atoms with Gasteiger partial charge in [0.15, 0.2) is 0 Å². The van der Waals surface area contributed by atoms with Crippen molar-refractivity contribution in [1.82, 2.24) is 4.90 Å². The molecule has 0 aromatic heterocycles. The van der Waals surface area contributed by atoms with Gasteiger partial charge in [0.1, 0.15) is 0 Å². The Labute approximate surface area is 111 Å². The average molecular weight is 256 g/mol. The van der Waals surface area contributed by atoms with Crippen molar-refractivity contribution in [3.63, 3.8) is 0 Å². The van der Waals surface area contributed by atoms with E-state index in [-0.39, 0.29) is 30.5 Å². The molecule has 1 aliphatic carbocycles. The van der Waals surface area contributed by atoms with E-state index in [0.29, 0.717) is 13.0 Å². The van der Waals surface area contributed by atoms with Crippen LogP contribution >= 0.6 is 0 Å².